The first-order valence-electron chi connectivity index (χ1n) is 8.13. The van der Waals surface area contributed by atoms with E-state index in [0.29, 0.717) is 18.7 Å². The normalized spacial score (nSPS) is 10.2. The lowest BCUT2D eigenvalue weighted by Gasteiger charge is -2.14. The van der Waals surface area contributed by atoms with Crippen molar-refractivity contribution in [2.75, 3.05) is 19.7 Å². The predicted molar refractivity (Wildman–Crippen MR) is 95.7 cm³/mol. The maximum Gasteiger partial charge on any atom is 0.258 e. The number of carbonyl (C=O) groups is 2. The van der Waals surface area contributed by atoms with Crippen molar-refractivity contribution in [2.45, 2.75) is 20.8 Å². The number of carbonyl (C=O) groups excluding carboxylic acids is 2. The van der Waals surface area contributed by atoms with E-state index in [9.17, 15) is 9.59 Å². The molecule has 25 heavy (non-hydrogen) atoms. The minimum atomic E-state index is -0.226. The number of nitrogens with one attached hydrogen (secondary N) is 2. The van der Waals surface area contributed by atoms with Crippen LogP contribution in [-0.4, -0.2) is 36.5 Å². The van der Waals surface area contributed by atoms with Crippen molar-refractivity contribution in [3.63, 3.8) is 0 Å². The van der Waals surface area contributed by atoms with Gasteiger partial charge in [-0.2, -0.15) is 0 Å². The molecule has 0 radical (unpaired) electrons. The highest BCUT2D eigenvalue weighted by Gasteiger charge is 2.09. The van der Waals surface area contributed by atoms with Crippen molar-refractivity contribution >= 4 is 11.8 Å². The molecule has 0 aliphatic rings. The Morgan fingerprint density at radius 3 is 2.48 bits per heavy atom. The highest BCUT2D eigenvalue weighted by Crippen LogP contribution is 2.25. The van der Waals surface area contributed by atoms with Gasteiger partial charge < -0.3 is 15.4 Å². The summed E-state index contributed by atoms with van der Waals surface area (Å²) in [5.74, 6) is 0.306. The van der Waals surface area contributed by atoms with Crippen LogP contribution in [0.4, 0.5) is 0 Å². The third-order valence-corrected chi connectivity index (χ3v) is 3.88. The fourth-order valence-corrected chi connectivity index (χ4v) is 2.31. The molecule has 0 fully saturated rings. The monoisotopic (exact) mass is 341 g/mol. The molecule has 0 bridgehead atoms. The first kappa shape index (κ1) is 18.4. The molecule has 0 aliphatic carbocycles. The number of amides is 2. The number of nitrogens with zero attached hydrogens (tertiary/aromatic N) is 1. The smallest absolute Gasteiger partial charge is 0.258 e. The van der Waals surface area contributed by atoms with Crippen LogP contribution in [0.2, 0.25) is 0 Å². The quantitative estimate of drug-likeness (QED) is 0.754. The van der Waals surface area contributed by atoms with E-state index in [1.807, 2.05) is 32.9 Å². The summed E-state index contributed by atoms with van der Waals surface area (Å²) in [5, 5.41) is 5.44. The molecular weight excluding hydrogens is 318 g/mol. The average Bonchev–Trinajstić information content (AvgIpc) is 2.62. The molecule has 132 valence electrons. The number of aromatic nitrogens is 1. The molecular formula is C19H23N3O3. The van der Waals surface area contributed by atoms with E-state index in [0.717, 1.165) is 22.4 Å². The molecule has 6 heteroatoms. The number of pyridine rings is 1. The van der Waals surface area contributed by atoms with Crippen LogP contribution in [0.5, 0.6) is 5.75 Å². The maximum absolute atomic E-state index is 11.9. The molecule has 0 unspecified atom stereocenters. The Kier molecular flexibility index (Phi) is 6.51. The van der Waals surface area contributed by atoms with Crippen molar-refractivity contribution in [1.29, 1.82) is 0 Å². The van der Waals surface area contributed by atoms with E-state index >= 15 is 0 Å². The SMILES string of the molecule is Cc1ccc(C)c(OCC(=O)NCCNC(=O)c2cccnc2)c1C. The first-order valence-corrected chi connectivity index (χ1v) is 8.13. The zero-order valence-corrected chi connectivity index (χ0v) is 14.8. The Labute approximate surface area is 147 Å². The van der Waals surface area contributed by atoms with Crippen LogP contribution in [-0.2, 0) is 4.79 Å². The second-order valence-electron chi connectivity index (χ2n) is 5.79. The van der Waals surface area contributed by atoms with Gasteiger partial charge in [0, 0.05) is 25.5 Å². The second-order valence-corrected chi connectivity index (χ2v) is 5.79. The Morgan fingerprint density at radius 1 is 1.04 bits per heavy atom. The lowest BCUT2D eigenvalue weighted by Crippen LogP contribution is -2.36. The summed E-state index contributed by atoms with van der Waals surface area (Å²) in [6, 6.07) is 7.39. The van der Waals surface area contributed by atoms with Crippen LogP contribution in [0, 0.1) is 20.8 Å². The number of benzene rings is 1. The van der Waals surface area contributed by atoms with Gasteiger partial charge in [-0.3, -0.25) is 14.6 Å². The molecule has 6 nitrogen and oxygen atoms in total. The van der Waals surface area contributed by atoms with Gasteiger partial charge in [-0.05, 0) is 49.6 Å². The van der Waals surface area contributed by atoms with Crippen molar-refractivity contribution in [1.82, 2.24) is 15.6 Å². The van der Waals surface area contributed by atoms with Gasteiger partial charge in [0.25, 0.3) is 11.8 Å². The maximum atomic E-state index is 11.9. The van der Waals surface area contributed by atoms with Crippen LogP contribution >= 0.6 is 0 Å². The Hall–Kier alpha value is -2.89. The molecule has 2 amide bonds. The van der Waals surface area contributed by atoms with Gasteiger partial charge in [0.2, 0.25) is 0 Å². The van der Waals surface area contributed by atoms with Crippen LogP contribution < -0.4 is 15.4 Å². The van der Waals surface area contributed by atoms with Crippen LogP contribution in [0.15, 0.2) is 36.7 Å². The highest BCUT2D eigenvalue weighted by atomic mass is 16.5. The summed E-state index contributed by atoms with van der Waals surface area (Å²) in [7, 11) is 0. The molecule has 0 saturated carbocycles. The number of hydrogen-bond acceptors (Lipinski definition) is 4. The highest BCUT2D eigenvalue weighted by molar-refractivity contribution is 5.93. The Morgan fingerprint density at radius 2 is 1.76 bits per heavy atom. The summed E-state index contributed by atoms with van der Waals surface area (Å²) in [5.41, 5.74) is 3.65. The van der Waals surface area contributed by atoms with Crippen molar-refractivity contribution < 1.29 is 14.3 Å². The molecule has 1 heterocycles. The summed E-state index contributed by atoms with van der Waals surface area (Å²) in [4.78, 5) is 27.6. The van der Waals surface area contributed by atoms with Crippen LogP contribution in [0.25, 0.3) is 0 Å². The van der Waals surface area contributed by atoms with Crippen LogP contribution in [0.3, 0.4) is 0 Å². The third kappa shape index (κ3) is 5.31. The molecule has 2 rings (SSSR count). The molecule has 0 saturated heterocycles. The van der Waals surface area contributed by atoms with Gasteiger partial charge in [0.1, 0.15) is 5.75 Å². The van der Waals surface area contributed by atoms with Gasteiger partial charge in [-0.15, -0.1) is 0 Å². The number of hydrogen-bond donors (Lipinski definition) is 2. The molecule has 2 N–H and O–H groups in total. The van der Waals surface area contributed by atoms with E-state index in [2.05, 4.69) is 15.6 Å². The molecule has 1 aromatic heterocycles. The Bertz CT molecular complexity index is 745. The van der Waals surface area contributed by atoms with Crippen molar-refractivity contribution in [3.05, 3.63) is 58.9 Å². The standard InChI is InChI=1S/C19H23N3O3/c1-13-6-7-14(2)18(15(13)3)25-12-17(23)21-9-10-22-19(24)16-5-4-8-20-11-16/h4-8,11H,9-10,12H2,1-3H3,(H,21,23)(H,22,24). The van der Waals surface area contributed by atoms with E-state index in [-0.39, 0.29) is 18.4 Å². The summed E-state index contributed by atoms with van der Waals surface area (Å²) in [6.45, 7) is 6.55. The van der Waals surface area contributed by atoms with Gasteiger partial charge in [0.05, 0.1) is 5.56 Å². The van der Waals surface area contributed by atoms with Crippen molar-refractivity contribution in [2.24, 2.45) is 0 Å². The molecule has 0 aliphatic heterocycles. The van der Waals surface area contributed by atoms with Crippen LogP contribution in [0.1, 0.15) is 27.0 Å². The Balaban J connectivity index is 1.71. The summed E-state index contributed by atoms with van der Waals surface area (Å²) >= 11 is 0. The van der Waals surface area contributed by atoms with E-state index in [4.69, 9.17) is 4.74 Å². The predicted octanol–water partition coefficient (Wildman–Crippen LogP) is 1.93. The van der Waals surface area contributed by atoms with Gasteiger partial charge in [-0.25, -0.2) is 0 Å². The summed E-state index contributed by atoms with van der Waals surface area (Å²) in [6.07, 6.45) is 3.10. The number of aryl methyl sites for hydroxylation is 2. The number of ether oxygens (including phenoxy) is 1. The van der Waals surface area contributed by atoms with Gasteiger partial charge in [0.15, 0.2) is 6.61 Å². The lowest BCUT2D eigenvalue weighted by molar-refractivity contribution is -0.123. The zero-order valence-electron chi connectivity index (χ0n) is 14.8. The molecule has 0 atom stereocenters. The van der Waals surface area contributed by atoms with Crippen molar-refractivity contribution in [3.8, 4) is 5.75 Å². The fraction of sp³-hybridized carbons (Fsp3) is 0.316. The zero-order chi connectivity index (χ0) is 18.2. The fourth-order valence-electron chi connectivity index (χ4n) is 2.31. The topological polar surface area (TPSA) is 80.3 Å². The number of rotatable bonds is 7. The summed E-state index contributed by atoms with van der Waals surface area (Å²) < 4.78 is 5.65. The van der Waals surface area contributed by atoms with Gasteiger partial charge >= 0.3 is 0 Å². The minimum absolute atomic E-state index is 0.0539. The molecule has 0 spiro atoms. The van der Waals surface area contributed by atoms with E-state index in [1.54, 1.807) is 18.3 Å². The second kappa shape index (κ2) is 8.82. The third-order valence-electron chi connectivity index (χ3n) is 3.88. The average molecular weight is 341 g/mol. The molecule has 1 aromatic carbocycles. The van der Waals surface area contributed by atoms with Gasteiger partial charge in [-0.1, -0.05) is 12.1 Å². The lowest BCUT2D eigenvalue weighted by atomic mass is 10.1. The minimum Gasteiger partial charge on any atom is -0.483 e. The first-order chi connectivity index (χ1) is 12.0. The largest absolute Gasteiger partial charge is 0.483 e. The van der Waals surface area contributed by atoms with E-state index < -0.39 is 0 Å². The molecule has 2 aromatic rings. The van der Waals surface area contributed by atoms with E-state index in [1.165, 1.54) is 6.20 Å².